The monoisotopic (exact) mass is 218 g/mol. The fourth-order valence-electron chi connectivity index (χ4n) is 0.997. The normalized spacial score (nSPS) is 11.6. The van der Waals surface area contributed by atoms with Crippen molar-refractivity contribution in [1.29, 1.82) is 0 Å². The number of hydrogen-bond acceptors (Lipinski definition) is 3. The van der Waals surface area contributed by atoms with Crippen molar-refractivity contribution >= 4 is 12.2 Å². The minimum Gasteiger partial charge on any atom is -0.465 e. The van der Waals surface area contributed by atoms with Crippen LogP contribution in [0.25, 0.3) is 0 Å². The smallest absolute Gasteiger partial charge is 0.408 e. The van der Waals surface area contributed by atoms with Gasteiger partial charge in [0.2, 0.25) is 0 Å². The van der Waals surface area contributed by atoms with Crippen LogP contribution in [0.1, 0.15) is 33.1 Å². The molecule has 6 heteroatoms. The van der Waals surface area contributed by atoms with Crippen LogP contribution in [0.4, 0.5) is 9.59 Å². The van der Waals surface area contributed by atoms with Gasteiger partial charge in [-0.25, -0.2) is 9.59 Å². The molecule has 1 unspecified atom stereocenters. The second-order valence-electron chi connectivity index (χ2n) is 3.07. The predicted molar refractivity (Wildman–Crippen MR) is 54.6 cm³/mol. The first kappa shape index (κ1) is 13.5. The van der Waals surface area contributed by atoms with Gasteiger partial charge in [0, 0.05) is 0 Å². The fraction of sp³-hybridized carbons (Fsp3) is 0.778. The third-order valence-electron chi connectivity index (χ3n) is 1.60. The summed E-state index contributed by atoms with van der Waals surface area (Å²) in [6.45, 7) is 4.11. The van der Waals surface area contributed by atoms with Gasteiger partial charge in [-0.3, -0.25) is 0 Å². The molecular weight excluding hydrogens is 200 g/mol. The Morgan fingerprint density at radius 1 is 1.27 bits per heavy atom. The van der Waals surface area contributed by atoms with Crippen molar-refractivity contribution in [2.24, 2.45) is 0 Å². The van der Waals surface area contributed by atoms with E-state index in [0.29, 0.717) is 13.0 Å². The van der Waals surface area contributed by atoms with Crippen LogP contribution in [0.2, 0.25) is 0 Å². The topological polar surface area (TPSA) is 87.7 Å². The summed E-state index contributed by atoms with van der Waals surface area (Å²) in [5.74, 6) is 0. The van der Waals surface area contributed by atoms with Crippen molar-refractivity contribution in [3.05, 3.63) is 0 Å². The first-order chi connectivity index (χ1) is 7.10. The summed E-state index contributed by atoms with van der Waals surface area (Å²) in [5.41, 5.74) is 0. The van der Waals surface area contributed by atoms with E-state index in [9.17, 15) is 9.59 Å². The minimum atomic E-state index is -1.16. The van der Waals surface area contributed by atoms with Gasteiger partial charge in [0.05, 0.1) is 6.61 Å². The number of ether oxygens (including phenoxy) is 1. The van der Waals surface area contributed by atoms with Crippen molar-refractivity contribution in [3.8, 4) is 0 Å². The minimum absolute atomic E-state index is 0.331. The Bertz CT molecular complexity index is 208. The lowest BCUT2D eigenvalue weighted by atomic mass is 10.3. The summed E-state index contributed by atoms with van der Waals surface area (Å²) in [6, 6.07) is 0. The third kappa shape index (κ3) is 7.60. The molecule has 6 nitrogen and oxygen atoms in total. The average molecular weight is 218 g/mol. The van der Waals surface area contributed by atoms with Gasteiger partial charge in [-0.05, 0) is 12.8 Å². The molecular formula is C9H18N2O4. The maximum Gasteiger partial charge on any atom is 0.408 e. The van der Waals surface area contributed by atoms with E-state index in [2.05, 4.69) is 10.6 Å². The molecule has 88 valence electrons. The van der Waals surface area contributed by atoms with Crippen molar-refractivity contribution in [3.63, 3.8) is 0 Å². The Morgan fingerprint density at radius 2 is 1.93 bits per heavy atom. The molecule has 0 spiro atoms. The molecule has 0 aliphatic carbocycles. The van der Waals surface area contributed by atoms with Crippen molar-refractivity contribution in [2.75, 3.05) is 6.61 Å². The summed E-state index contributed by atoms with van der Waals surface area (Å²) in [6.07, 6.45) is -0.310. The highest BCUT2D eigenvalue weighted by Crippen LogP contribution is 1.94. The number of alkyl carbamates (subject to hydrolysis) is 1. The van der Waals surface area contributed by atoms with Crippen LogP contribution in [0, 0.1) is 0 Å². The molecule has 15 heavy (non-hydrogen) atoms. The number of hydrogen-bond donors (Lipinski definition) is 3. The van der Waals surface area contributed by atoms with Gasteiger partial charge in [0.15, 0.2) is 0 Å². The van der Waals surface area contributed by atoms with Crippen molar-refractivity contribution in [1.82, 2.24) is 10.6 Å². The van der Waals surface area contributed by atoms with Gasteiger partial charge in [0.25, 0.3) is 0 Å². The molecule has 3 N–H and O–H groups in total. The maximum absolute atomic E-state index is 11.1. The van der Waals surface area contributed by atoms with Gasteiger partial charge in [-0.1, -0.05) is 20.3 Å². The SMILES string of the molecule is CCCOC(=O)NC(CCC)NC(=O)O. The Kier molecular flexibility index (Phi) is 7.13. The van der Waals surface area contributed by atoms with Crippen LogP contribution in [0.3, 0.4) is 0 Å². The van der Waals surface area contributed by atoms with Crippen LogP contribution >= 0.6 is 0 Å². The standard InChI is InChI=1S/C9H18N2O4/c1-3-5-7(10-8(12)13)11-9(14)15-6-4-2/h7,10H,3-6H2,1-2H3,(H,11,14)(H,12,13). The highest BCUT2D eigenvalue weighted by molar-refractivity contribution is 5.69. The van der Waals surface area contributed by atoms with Crippen LogP contribution in [0.15, 0.2) is 0 Å². The first-order valence-electron chi connectivity index (χ1n) is 5.02. The molecule has 0 aliphatic rings. The quantitative estimate of drug-likeness (QED) is 0.590. The van der Waals surface area contributed by atoms with E-state index in [1.165, 1.54) is 0 Å². The summed E-state index contributed by atoms with van der Waals surface area (Å²) < 4.78 is 4.77. The van der Waals surface area contributed by atoms with Gasteiger partial charge in [-0.2, -0.15) is 0 Å². The van der Waals surface area contributed by atoms with Gasteiger partial charge >= 0.3 is 12.2 Å². The third-order valence-corrected chi connectivity index (χ3v) is 1.60. The molecule has 0 aromatic heterocycles. The first-order valence-corrected chi connectivity index (χ1v) is 5.02. The average Bonchev–Trinajstić information content (AvgIpc) is 2.14. The molecule has 0 aliphatic heterocycles. The molecule has 0 saturated carbocycles. The second kappa shape index (κ2) is 7.90. The summed E-state index contributed by atoms with van der Waals surface area (Å²) in [7, 11) is 0. The molecule has 0 heterocycles. The van der Waals surface area contributed by atoms with Gasteiger partial charge in [-0.15, -0.1) is 0 Å². The second-order valence-corrected chi connectivity index (χ2v) is 3.07. The number of amides is 2. The number of carbonyl (C=O) groups is 2. The lowest BCUT2D eigenvalue weighted by Crippen LogP contribution is -2.47. The molecule has 0 radical (unpaired) electrons. The zero-order valence-corrected chi connectivity index (χ0v) is 9.08. The van der Waals surface area contributed by atoms with E-state index in [-0.39, 0.29) is 0 Å². The Morgan fingerprint density at radius 3 is 2.40 bits per heavy atom. The fourth-order valence-corrected chi connectivity index (χ4v) is 0.997. The summed E-state index contributed by atoms with van der Waals surface area (Å²) >= 11 is 0. The number of nitrogens with one attached hydrogen (secondary N) is 2. The molecule has 0 aromatic rings. The van der Waals surface area contributed by atoms with Crippen LogP contribution < -0.4 is 10.6 Å². The Hall–Kier alpha value is -1.46. The van der Waals surface area contributed by atoms with E-state index < -0.39 is 18.4 Å². The van der Waals surface area contributed by atoms with Crippen LogP contribution in [-0.4, -0.2) is 30.1 Å². The van der Waals surface area contributed by atoms with E-state index in [4.69, 9.17) is 9.84 Å². The van der Waals surface area contributed by atoms with Crippen LogP contribution in [-0.2, 0) is 4.74 Å². The van der Waals surface area contributed by atoms with Gasteiger partial charge in [0.1, 0.15) is 6.17 Å². The molecule has 1 atom stereocenters. The van der Waals surface area contributed by atoms with Gasteiger partial charge < -0.3 is 20.5 Å². The maximum atomic E-state index is 11.1. The van der Waals surface area contributed by atoms with E-state index in [1.807, 2.05) is 13.8 Å². The van der Waals surface area contributed by atoms with E-state index in [0.717, 1.165) is 12.8 Å². The highest BCUT2D eigenvalue weighted by atomic mass is 16.5. The number of carbonyl (C=O) groups excluding carboxylic acids is 1. The predicted octanol–water partition coefficient (Wildman–Crippen LogP) is 1.52. The highest BCUT2D eigenvalue weighted by Gasteiger charge is 2.13. The summed E-state index contributed by atoms with van der Waals surface area (Å²) in [5, 5.41) is 13.1. The van der Waals surface area contributed by atoms with E-state index in [1.54, 1.807) is 0 Å². The Balaban J connectivity index is 3.92. The molecule has 0 bridgehead atoms. The molecule has 0 saturated heterocycles. The summed E-state index contributed by atoms with van der Waals surface area (Å²) in [4.78, 5) is 21.5. The molecule has 2 amide bonds. The Labute approximate surface area is 89.0 Å². The number of carboxylic acid groups (broad SMARTS) is 1. The zero-order valence-electron chi connectivity index (χ0n) is 9.08. The molecule has 0 aromatic carbocycles. The van der Waals surface area contributed by atoms with Crippen LogP contribution in [0.5, 0.6) is 0 Å². The zero-order chi connectivity index (χ0) is 11.7. The largest absolute Gasteiger partial charge is 0.465 e. The van der Waals surface area contributed by atoms with Crippen molar-refractivity contribution < 1.29 is 19.4 Å². The molecule has 0 fully saturated rings. The van der Waals surface area contributed by atoms with Crippen molar-refractivity contribution in [2.45, 2.75) is 39.3 Å². The molecule has 0 rings (SSSR count). The number of rotatable bonds is 6. The lowest BCUT2D eigenvalue weighted by molar-refractivity contribution is 0.138. The lowest BCUT2D eigenvalue weighted by Gasteiger charge is -2.17. The van der Waals surface area contributed by atoms with E-state index >= 15 is 0 Å².